The highest BCUT2D eigenvalue weighted by Gasteiger charge is 2.29. The van der Waals surface area contributed by atoms with Gasteiger partial charge in [0.25, 0.3) is 0 Å². The van der Waals surface area contributed by atoms with E-state index in [2.05, 4.69) is 15.1 Å². The molecule has 6 heteroatoms. The predicted octanol–water partition coefficient (Wildman–Crippen LogP) is 2.70. The molecule has 1 aliphatic carbocycles. The molecule has 1 unspecified atom stereocenters. The van der Waals surface area contributed by atoms with Crippen molar-refractivity contribution in [3.8, 4) is 0 Å². The van der Waals surface area contributed by atoms with Crippen molar-refractivity contribution in [2.24, 2.45) is 5.92 Å². The first-order valence-electron chi connectivity index (χ1n) is 9.07. The molecule has 0 aromatic heterocycles. The van der Waals surface area contributed by atoms with Crippen LogP contribution in [0.1, 0.15) is 51.4 Å². The highest BCUT2D eigenvalue weighted by Crippen LogP contribution is 2.24. The van der Waals surface area contributed by atoms with Gasteiger partial charge in [0.05, 0.1) is 6.04 Å². The lowest BCUT2D eigenvalue weighted by Crippen LogP contribution is -2.55. The van der Waals surface area contributed by atoms with Crippen LogP contribution in [-0.2, 0) is 4.79 Å². The first-order valence-corrected chi connectivity index (χ1v) is 9.07. The molecule has 0 bridgehead atoms. The minimum absolute atomic E-state index is 0. The molecule has 2 aliphatic heterocycles. The summed E-state index contributed by atoms with van der Waals surface area (Å²) in [6.07, 6.45) is 10.6. The van der Waals surface area contributed by atoms with Crippen LogP contribution in [-0.4, -0.2) is 61.0 Å². The molecular formula is C17H33Cl2N3O. The quantitative estimate of drug-likeness (QED) is 0.834. The van der Waals surface area contributed by atoms with Crippen molar-refractivity contribution in [3.05, 3.63) is 0 Å². The van der Waals surface area contributed by atoms with Gasteiger partial charge in [-0.05, 0) is 38.1 Å². The molecule has 136 valence electrons. The molecule has 2 saturated heterocycles. The predicted molar refractivity (Wildman–Crippen MR) is 99.7 cm³/mol. The first kappa shape index (κ1) is 21.0. The number of nitrogens with one attached hydrogen (secondary N) is 1. The molecule has 0 spiro atoms. The average Bonchev–Trinajstić information content (AvgIpc) is 2.57. The number of hydrogen-bond acceptors (Lipinski definition) is 3. The number of rotatable bonds is 3. The van der Waals surface area contributed by atoms with Gasteiger partial charge in [0.2, 0.25) is 5.91 Å². The van der Waals surface area contributed by atoms with Crippen molar-refractivity contribution >= 4 is 30.7 Å². The van der Waals surface area contributed by atoms with Crippen LogP contribution in [0.5, 0.6) is 0 Å². The smallest absolute Gasteiger partial charge is 0.239 e. The fraction of sp³-hybridized carbons (Fsp3) is 0.941. The maximum Gasteiger partial charge on any atom is 0.239 e. The van der Waals surface area contributed by atoms with E-state index in [0.717, 1.165) is 45.1 Å². The summed E-state index contributed by atoms with van der Waals surface area (Å²) in [4.78, 5) is 17.2. The van der Waals surface area contributed by atoms with Gasteiger partial charge in [-0.25, -0.2) is 0 Å². The summed E-state index contributed by atoms with van der Waals surface area (Å²) in [7, 11) is 0. The molecule has 4 nitrogen and oxygen atoms in total. The van der Waals surface area contributed by atoms with Crippen LogP contribution in [0, 0.1) is 5.92 Å². The second-order valence-electron chi connectivity index (χ2n) is 7.13. The Labute approximate surface area is 153 Å². The van der Waals surface area contributed by atoms with Crippen LogP contribution >= 0.6 is 24.8 Å². The summed E-state index contributed by atoms with van der Waals surface area (Å²) in [5.41, 5.74) is 0. The van der Waals surface area contributed by atoms with Gasteiger partial charge in [0.1, 0.15) is 0 Å². The fourth-order valence-corrected chi connectivity index (χ4v) is 4.17. The second kappa shape index (κ2) is 10.8. The van der Waals surface area contributed by atoms with Crippen LogP contribution < -0.4 is 5.32 Å². The number of carbonyl (C=O) groups is 1. The SMILES string of the molecule is Cl.Cl.O=C(C1CCCCN1)N1CCN(CC2CCCCC2)CC1. The Kier molecular flexibility index (Phi) is 9.83. The second-order valence-corrected chi connectivity index (χ2v) is 7.13. The summed E-state index contributed by atoms with van der Waals surface area (Å²) in [5.74, 6) is 1.27. The molecule has 3 fully saturated rings. The number of amides is 1. The Morgan fingerprint density at radius 3 is 2.13 bits per heavy atom. The number of nitrogens with zero attached hydrogens (tertiary/aromatic N) is 2. The van der Waals surface area contributed by atoms with Gasteiger partial charge in [-0.2, -0.15) is 0 Å². The standard InChI is InChI=1S/C17H31N3O.2ClH/c21-17(16-8-4-5-9-18-16)20-12-10-19(11-13-20)14-15-6-2-1-3-7-15;;/h15-16,18H,1-14H2;2*1H. The Hall–Kier alpha value is -0.0300. The van der Waals surface area contributed by atoms with Gasteiger partial charge in [-0.1, -0.05) is 25.7 Å². The molecular weight excluding hydrogens is 333 g/mol. The molecule has 1 atom stereocenters. The zero-order valence-corrected chi connectivity index (χ0v) is 15.8. The summed E-state index contributed by atoms with van der Waals surface area (Å²) in [5, 5.41) is 3.39. The summed E-state index contributed by atoms with van der Waals surface area (Å²) in [6.45, 7) is 6.30. The summed E-state index contributed by atoms with van der Waals surface area (Å²) < 4.78 is 0. The number of piperidine rings is 1. The summed E-state index contributed by atoms with van der Waals surface area (Å²) >= 11 is 0. The van der Waals surface area contributed by atoms with Gasteiger partial charge in [-0.15, -0.1) is 24.8 Å². The van der Waals surface area contributed by atoms with Crippen molar-refractivity contribution in [2.45, 2.75) is 57.4 Å². The highest BCUT2D eigenvalue weighted by molar-refractivity contribution is 5.85. The molecule has 3 rings (SSSR count). The van der Waals surface area contributed by atoms with E-state index in [4.69, 9.17) is 0 Å². The third kappa shape index (κ3) is 6.08. The minimum Gasteiger partial charge on any atom is -0.339 e. The minimum atomic E-state index is 0. The molecule has 0 aromatic rings. The van der Waals surface area contributed by atoms with E-state index in [1.807, 2.05) is 0 Å². The normalized spacial score (nSPS) is 27.0. The zero-order valence-electron chi connectivity index (χ0n) is 14.2. The molecule has 23 heavy (non-hydrogen) atoms. The third-order valence-corrected chi connectivity index (χ3v) is 5.53. The Bertz CT molecular complexity index is 337. The number of halogens is 2. The van der Waals surface area contributed by atoms with Crippen molar-refractivity contribution in [3.63, 3.8) is 0 Å². The Balaban J connectivity index is 0.00000132. The zero-order chi connectivity index (χ0) is 14.5. The topological polar surface area (TPSA) is 35.6 Å². The third-order valence-electron chi connectivity index (χ3n) is 5.53. The monoisotopic (exact) mass is 365 g/mol. The van der Waals surface area contributed by atoms with Crippen molar-refractivity contribution < 1.29 is 4.79 Å². The van der Waals surface area contributed by atoms with Gasteiger partial charge >= 0.3 is 0 Å². The van der Waals surface area contributed by atoms with E-state index < -0.39 is 0 Å². The molecule has 3 aliphatic rings. The van der Waals surface area contributed by atoms with Crippen LogP contribution in [0.15, 0.2) is 0 Å². The first-order chi connectivity index (χ1) is 10.3. The van der Waals surface area contributed by atoms with Crippen LogP contribution in [0.2, 0.25) is 0 Å². The lowest BCUT2D eigenvalue weighted by molar-refractivity contribution is -0.135. The fourth-order valence-electron chi connectivity index (χ4n) is 4.17. The molecule has 2 heterocycles. The number of piperazine rings is 1. The Morgan fingerprint density at radius 2 is 1.52 bits per heavy atom. The number of carbonyl (C=O) groups excluding carboxylic acids is 1. The van der Waals surface area contributed by atoms with Crippen LogP contribution in [0.4, 0.5) is 0 Å². The van der Waals surface area contributed by atoms with E-state index in [0.29, 0.717) is 5.91 Å². The van der Waals surface area contributed by atoms with E-state index in [9.17, 15) is 4.79 Å². The Morgan fingerprint density at radius 1 is 0.870 bits per heavy atom. The average molecular weight is 366 g/mol. The van der Waals surface area contributed by atoms with E-state index in [1.54, 1.807) is 0 Å². The maximum atomic E-state index is 12.5. The molecule has 1 amide bonds. The van der Waals surface area contributed by atoms with Gasteiger partial charge < -0.3 is 10.2 Å². The maximum absolute atomic E-state index is 12.5. The molecule has 1 saturated carbocycles. The van der Waals surface area contributed by atoms with Crippen LogP contribution in [0.3, 0.4) is 0 Å². The van der Waals surface area contributed by atoms with Crippen molar-refractivity contribution in [1.82, 2.24) is 15.1 Å². The summed E-state index contributed by atoms with van der Waals surface area (Å²) in [6, 6.07) is 0.101. The molecule has 0 radical (unpaired) electrons. The largest absolute Gasteiger partial charge is 0.339 e. The van der Waals surface area contributed by atoms with Crippen molar-refractivity contribution in [1.29, 1.82) is 0 Å². The van der Waals surface area contributed by atoms with E-state index in [1.165, 1.54) is 51.5 Å². The van der Waals surface area contributed by atoms with Crippen molar-refractivity contribution in [2.75, 3.05) is 39.3 Å². The lowest BCUT2D eigenvalue weighted by atomic mass is 9.89. The highest BCUT2D eigenvalue weighted by atomic mass is 35.5. The van der Waals surface area contributed by atoms with Gasteiger partial charge in [-0.3, -0.25) is 9.69 Å². The molecule has 1 N–H and O–H groups in total. The van der Waals surface area contributed by atoms with E-state index in [-0.39, 0.29) is 30.9 Å². The van der Waals surface area contributed by atoms with Gasteiger partial charge in [0, 0.05) is 32.7 Å². The lowest BCUT2D eigenvalue weighted by Gasteiger charge is -2.39. The van der Waals surface area contributed by atoms with Gasteiger partial charge in [0.15, 0.2) is 0 Å². The number of hydrogen-bond donors (Lipinski definition) is 1. The van der Waals surface area contributed by atoms with E-state index >= 15 is 0 Å². The van der Waals surface area contributed by atoms with Crippen LogP contribution in [0.25, 0.3) is 0 Å². The molecule has 0 aromatic carbocycles.